The first kappa shape index (κ1) is 17.3. The van der Waals surface area contributed by atoms with E-state index in [1.54, 1.807) is 18.3 Å². The summed E-state index contributed by atoms with van der Waals surface area (Å²) in [6, 6.07) is 7.27. The Kier molecular flexibility index (Phi) is 4.21. The Balaban J connectivity index is 1.32. The van der Waals surface area contributed by atoms with Crippen LogP contribution in [0, 0.1) is 0 Å². The minimum absolute atomic E-state index is 0.0632. The number of aromatic nitrogens is 3. The molecule has 3 aromatic heterocycles. The van der Waals surface area contributed by atoms with E-state index < -0.39 is 11.7 Å². The van der Waals surface area contributed by atoms with Crippen LogP contribution in [0.1, 0.15) is 30.0 Å². The largest absolute Gasteiger partial charge is 0.491 e. The summed E-state index contributed by atoms with van der Waals surface area (Å²) in [7, 11) is 0. The molecule has 140 valence electrons. The second kappa shape index (κ2) is 6.57. The second-order valence-corrected chi connectivity index (χ2v) is 6.31. The maximum atomic E-state index is 12.6. The van der Waals surface area contributed by atoms with Crippen molar-refractivity contribution in [1.82, 2.24) is 15.1 Å². The molecule has 1 aliphatic carbocycles. The van der Waals surface area contributed by atoms with Gasteiger partial charge in [0.15, 0.2) is 5.76 Å². The smallest absolute Gasteiger partial charge is 0.417 e. The summed E-state index contributed by atoms with van der Waals surface area (Å²) in [6.07, 6.45) is -0.700. The number of aromatic hydroxyl groups is 1. The van der Waals surface area contributed by atoms with Gasteiger partial charge in [-0.15, -0.1) is 0 Å². The maximum absolute atomic E-state index is 12.6. The van der Waals surface area contributed by atoms with E-state index in [4.69, 9.17) is 9.26 Å². The van der Waals surface area contributed by atoms with Gasteiger partial charge in [-0.25, -0.2) is 4.98 Å². The first-order valence-electron chi connectivity index (χ1n) is 8.20. The van der Waals surface area contributed by atoms with E-state index in [-0.39, 0.29) is 17.9 Å². The lowest BCUT2D eigenvalue weighted by atomic mass is 9.79. The molecular weight excluding hydrogens is 363 g/mol. The quantitative estimate of drug-likeness (QED) is 0.735. The van der Waals surface area contributed by atoms with Crippen LogP contribution in [0.2, 0.25) is 0 Å². The van der Waals surface area contributed by atoms with Crippen LogP contribution < -0.4 is 4.74 Å². The molecular formula is C18H14F3N3O3. The van der Waals surface area contributed by atoms with Crippen LogP contribution >= 0.6 is 0 Å². The first-order valence-corrected chi connectivity index (χ1v) is 8.20. The second-order valence-electron chi connectivity index (χ2n) is 6.31. The van der Waals surface area contributed by atoms with Crippen molar-refractivity contribution in [3.8, 4) is 23.1 Å². The van der Waals surface area contributed by atoms with E-state index in [0.29, 0.717) is 35.7 Å². The van der Waals surface area contributed by atoms with E-state index in [0.717, 1.165) is 12.3 Å². The van der Waals surface area contributed by atoms with Crippen LogP contribution in [0.4, 0.5) is 13.2 Å². The third kappa shape index (κ3) is 3.71. The van der Waals surface area contributed by atoms with Crippen molar-refractivity contribution in [2.75, 3.05) is 0 Å². The van der Waals surface area contributed by atoms with Crippen LogP contribution in [0.25, 0.3) is 11.3 Å². The van der Waals surface area contributed by atoms with Crippen LogP contribution in [0.15, 0.2) is 47.2 Å². The standard InChI is InChI=1S/C18H14F3N3O3/c19-18(20,21)12-2-3-14(22-9-12)11-5-13(6-11)26-17-4-1-10(8-23-17)15-7-16(25)24-27-15/h1-4,7-9,11,13H,5-6H2,(H,24,25)/t11-,13-. The summed E-state index contributed by atoms with van der Waals surface area (Å²) in [5.41, 5.74) is 0.537. The van der Waals surface area contributed by atoms with E-state index in [1.165, 1.54) is 12.1 Å². The van der Waals surface area contributed by atoms with E-state index in [2.05, 4.69) is 15.1 Å². The van der Waals surface area contributed by atoms with Crippen molar-refractivity contribution in [1.29, 1.82) is 0 Å². The van der Waals surface area contributed by atoms with Crippen molar-refractivity contribution in [2.24, 2.45) is 0 Å². The lowest BCUT2D eigenvalue weighted by Gasteiger charge is -2.34. The maximum Gasteiger partial charge on any atom is 0.417 e. The minimum atomic E-state index is -4.38. The topological polar surface area (TPSA) is 81.3 Å². The molecule has 0 amide bonds. The molecule has 3 heterocycles. The molecule has 0 spiro atoms. The average molecular weight is 377 g/mol. The van der Waals surface area contributed by atoms with E-state index in [1.807, 2.05) is 0 Å². The van der Waals surface area contributed by atoms with Crippen molar-refractivity contribution in [3.05, 3.63) is 54.0 Å². The van der Waals surface area contributed by atoms with Gasteiger partial charge in [-0.05, 0) is 36.2 Å². The number of ether oxygens (including phenoxy) is 1. The monoisotopic (exact) mass is 377 g/mol. The van der Waals surface area contributed by atoms with Gasteiger partial charge in [-0.1, -0.05) is 0 Å². The van der Waals surface area contributed by atoms with Gasteiger partial charge in [0.1, 0.15) is 6.10 Å². The minimum Gasteiger partial charge on any atom is -0.491 e. The van der Waals surface area contributed by atoms with Gasteiger partial charge >= 0.3 is 6.18 Å². The molecule has 6 nitrogen and oxygen atoms in total. The number of rotatable bonds is 4. The lowest BCUT2D eigenvalue weighted by Crippen LogP contribution is -2.33. The van der Waals surface area contributed by atoms with Gasteiger partial charge in [-0.3, -0.25) is 4.98 Å². The van der Waals surface area contributed by atoms with Gasteiger partial charge in [0.25, 0.3) is 5.88 Å². The number of halogens is 3. The molecule has 1 saturated carbocycles. The highest BCUT2D eigenvalue weighted by atomic mass is 19.4. The van der Waals surface area contributed by atoms with Crippen molar-refractivity contribution >= 4 is 0 Å². The molecule has 4 rings (SSSR count). The molecule has 0 bridgehead atoms. The highest BCUT2D eigenvalue weighted by molar-refractivity contribution is 5.57. The van der Waals surface area contributed by atoms with Gasteiger partial charge in [0.05, 0.1) is 5.56 Å². The van der Waals surface area contributed by atoms with E-state index >= 15 is 0 Å². The Hall–Kier alpha value is -3.10. The highest BCUT2D eigenvalue weighted by Gasteiger charge is 2.35. The van der Waals surface area contributed by atoms with E-state index in [9.17, 15) is 18.3 Å². The van der Waals surface area contributed by atoms with Crippen molar-refractivity contribution in [2.45, 2.75) is 31.0 Å². The molecule has 1 N–H and O–H groups in total. The Labute approximate surface area is 151 Å². The third-order valence-electron chi connectivity index (χ3n) is 4.43. The van der Waals surface area contributed by atoms with Crippen molar-refractivity contribution in [3.63, 3.8) is 0 Å². The Morgan fingerprint density at radius 3 is 2.44 bits per heavy atom. The molecule has 0 unspecified atom stereocenters. The molecule has 0 atom stereocenters. The molecule has 27 heavy (non-hydrogen) atoms. The summed E-state index contributed by atoms with van der Waals surface area (Å²) in [5, 5.41) is 12.6. The predicted octanol–water partition coefficient (Wildman–Crippen LogP) is 4.18. The fourth-order valence-corrected chi connectivity index (χ4v) is 2.89. The Bertz CT molecular complexity index is 918. The van der Waals surface area contributed by atoms with Crippen LogP contribution in [0.5, 0.6) is 11.8 Å². The van der Waals surface area contributed by atoms with Gasteiger partial charge in [0, 0.05) is 41.7 Å². The molecule has 0 saturated heterocycles. The number of pyridine rings is 2. The summed E-state index contributed by atoms with van der Waals surface area (Å²) in [5.74, 6) is 0.700. The third-order valence-corrected chi connectivity index (χ3v) is 4.43. The molecule has 3 aromatic rings. The number of nitrogens with zero attached hydrogens (tertiary/aromatic N) is 3. The van der Waals surface area contributed by atoms with Crippen LogP contribution in [0.3, 0.4) is 0 Å². The summed E-state index contributed by atoms with van der Waals surface area (Å²) in [4.78, 5) is 8.12. The zero-order chi connectivity index (χ0) is 19.0. The predicted molar refractivity (Wildman–Crippen MR) is 87.0 cm³/mol. The van der Waals surface area contributed by atoms with Crippen LogP contribution in [-0.4, -0.2) is 26.3 Å². The van der Waals surface area contributed by atoms with Crippen molar-refractivity contribution < 1.29 is 27.5 Å². The summed E-state index contributed by atoms with van der Waals surface area (Å²) < 4.78 is 48.4. The molecule has 0 aliphatic heterocycles. The normalized spacial score (nSPS) is 19.5. The highest BCUT2D eigenvalue weighted by Crippen LogP contribution is 2.39. The zero-order valence-electron chi connectivity index (χ0n) is 13.8. The SMILES string of the molecule is Oc1cc(-c2ccc(O[C@H]3C[C@H](c4ccc(C(F)(F)F)cn4)C3)nc2)on1. The fraction of sp³-hybridized carbons (Fsp3) is 0.278. The molecule has 1 aliphatic rings. The van der Waals surface area contributed by atoms with Crippen LogP contribution in [-0.2, 0) is 6.18 Å². The van der Waals surface area contributed by atoms with Gasteiger partial charge in [-0.2, -0.15) is 13.2 Å². The molecule has 1 fully saturated rings. The van der Waals surface area contributed by atoms with Gasteiger partial charge < -0.3 is 14.4 Å². The molecule has 0 radical (unpaired) electrons. The number of hydrogen-bond acceptors (Lipinski definition) is 6. The Morgan fingerprint density at radius 2 is 1.89 bits per heavy atom. The Morgan fingerprint density at radius 1 is 1.07 bits per heavy atom. The number of alkyl halides is 3. The number of hydrogen-bond donors (Lipinski definition) is 1. The zero-order valence-corrected chi connectivity index (χ0v) is 13.8. The molecule has 9 heteroatoms. The van der Waals surface area contributed by atoms with Gasteiger partial charge in [0.2, 0.25) is 5.88 Å². The average Bonchev–Trinajstić information content (AvgIpc) is 3.04. The summed E-state index contributed by atoms with van der Waals surface area (Å²) >= 11 is 0. The fourth-order valence-electron chi connectivity index (χ4n) is 2.89. The summed E-state index contributed by atoms with van der Waals surface area (Å²) in [6.45, 7) is 0. The molecule has 0 aromatic carbocycles. The lowest BCUT2D eigenvalue weighted by molar-refractivity contribution is -0.137. The first-order chi connectivity index (χ1) is 12.9.